The van der Waals surface area contributed by atoms with Gasteiger partial charge in [0.05, 0.1) is 5.02 Å². The third kappa shape index (κ3) is 4.64. The number of benzene rings is 2. The summed E-state index contributed by atoms with van der Waals surface area (Å²) >= 11 is 11.9. The second-order valence-corrected chi connectivity index (χ2v) is 7.09. The van der Waals surface area contributed by atoms with E-state index in [4.69, 9.17) is 37.1 Å². The first kappa shape index (κ1) is 20.0. The number of carbonyl (C=O) groups excluding carboxylic acids is 1. The first-order valence-electron chi connectivity index (χ1n) is 8.90. The van der Waals surface area contributed by atoms with Crippen LogP contribution in [0.25, 0.3) is 11.1 Å². The number of nitrogens with zero attached hydrogens (tertiary/aromatic N) is 2. The van der Waals surface area contributed by atoms with E-state index in [1.807, 2.05) is 0 Å². The molecule has 7 nitrogen and oxygen atoms in total. The van der Waals surface area contributed by atoms with Gasteiger partial charge in [-0.3, -0.25) is 4.79 Å². The summed E-state index contributed by atoms with van der Waals surface area (Å²) in [6.45, 7) is 1.63. The number of fused-ring (bicyclic) bond motifs is 1. The van der Waals surface area contributed by atoms with Gasteiger partial charge in [-0.25, -0.2) is 4.98 Å². The first-order chi connectivity index (χ1) is 14.5. The van der Waals surface area contributed by atoms with Crippen LogP contribution in [0.5, 0.6) is 17.6 Å². The number of oxazole rings is 1. The van der Waals surface area contributed by atoms with Crippen molar-refractivity contribution in [1.82, 2.24) is 9.97 Å². The molecule has 1 N–H and O–H groups in total. The number of ether oxygens (including phenoxy) is 2. The van der Waals surface area contributed by atoms with Gasteiger partial charge >= 0.3 is 6.08 Å². The molecule has 0 aliphatic heterocycles. The first-order valence-corrected chi connectivity index (χ1v) is 9.65. The summed E-state index contributed by atoms with van der Waals surface area (Å²) in [5.74, 6) is 0.892. The molecule has 4 rings (SSSR count). The van der Waals surface area contributed by atoms with E-state index >= 15 is 0 Å². The molecule has 30 heavy (non-hydrogen) atoms. The lowest BCUT2D eigenvalue weighted by Crippen LogP contribution is -2.30. The van der Waals surface area contributed by atoms with Gasteiger partial charge in [-0.15, -0.1) is 0 Å². The number of nitrogens with one attached hydrogen (secondary N) is 1. The van der Waals surface area contributed by atoms with Gasteiger partial charge < -0.3 is 19.2 Å². The van der Waals surface area contributed by atoms with Gasteiger partial charge in [0.15, 0.2) is 17.5 Å². The largest absolute Gasteiger partial charge is 0.481 e. The van der Waals surface area contributed by atoms with Crippen LogP contribution in [0.15, 0.2) is 65.2 Å². The molecule has 0 saturated carbocycles. The number of anilines is 1. The van der Waals surface area contributed by atoms with Crippen molar-refractivity contribution < 1.29 is 18.7 Å². The van der Waals surface area contributed by atoms with Crippen molar-refractivity contribution >= 4 is 46.0 Å². The molecule has 2 heterocycles. The minimum Gasteiger partial charge on any atom is -0.481 e. The number of carbonyl (C=O) groups is 1. The van der Waals surface area contributed by atoms with Crippen molar-refractivity contribution in [3.63, 3.8) is 0 Å². The fourth-order valence-electron chi connectivity index (χ4n) is 2.56. The zero-order chi connectivity index (χ0) is 21.1. The van der Waals surface area contributed by atoms with Gasteiger partial charge in [-0.2, -0.15) is 4.98 Å². The summed E-state index contributed by atoms with van der Waals surface area (Å²) in [5, 5.41) is 3.53. The van der Waals surface area contributed by atoms with Crippen LogP contribution in [0.3, 0.4) is 0 Å². The van der Waals surface area contributed by atoms with E-state index in [2.05, 4.69) is 15.3 Å². The minimum absolute atomic E-state index is 0.0981. The summed E-state index contributed by atoms with van der Waals surface area (Å²) in [4.78, 5) is 20.6. The number of hydrogen-bond acceptors (Lipinski definition) is 6. The Kier molecular flexibility index (Phi) is 5.74. The molecule has 0 radical (unpaired) electrons. The second-order valence-electron chi connectivity index (χ2n) is 6.25. The van der Waals surface area contributed by atoms with E-state index in [-0.39, 0.29) is 17.8 Å². The molecule has 1 unspecified atom stereocenters. The lowest BCUT2D eigenvalue weighted by Gasteiger charge is -2.15. The summed E-state index contributed by atoms with van der Waals surface area (Å²) in [7, 11) is 0. The van der Waals surface area contributed by atoms with Gasteiger partial charge in [-0.05, 0) is 55.5 Å². The fourth-order valence-corrected chi connectivity index (χ4v) is 2.89. The maximum Gasteiger partial charge on any atom is 0.400 e. The lowest BCUT2D eigenvalue weighted by atomic mass is 10.3. The SMILES string of the molecule is CC(Oc1ccc(Oc2nc3ccc(Cl)cc3o2)cc1)C(=O)Nc1ncccc1Cl. The summed E-state index contributed by atoms with van der Waals surface area (Å²) in [6, 6.07) is 15.2. The van der Waals surface area contributed by atoms with Crippen LogP contribution in [0, 0.1) is 0 Å². The van der Waals surface area contributed by atoms with E-state index in [1.54, 1.807) is 61.5 Å². The van der Waals surface area contributed by atoms with Crippen LogP contribution in [-0.4, -0.2) is 22.0 Å². The quantitative estimate of drug-likeness (QED) is 0.409. The molecule has 0 fully saturated rings. The third-order valence-electron chi connectivity index (χ3n) is 4.04. The lowest BCUT2D eigenvalue weighted by molar-refractivity contribution is -0.122. The molecule has 0 saturated heterocycles. The van der Waals surface area contributed by atoms with Gasteiger partial charge in [0.2, 0.25) is 0 Å². The Morgan fingerprint density at radius 2 is 1.87 bits per heavy atom. The Morgan fingerprint density at radius 3 is 2.63 bits per heavy atom. The number of amides is 1. The predicted molar refractivity (Wildman–Crippen MR) is 114 cm³/mol. The Hall–Kier alpha value is -3.29. The minimum atomic E-state index is -0.767. The van der Waals surface area contributed by atoms with Crippen molar-refractivity contribution in [3.8, 4) is 17.6 Å². The zero-order valence-electron chi connectivity index (χ0n) is 15.6. The van der Waals surface area contributed by atoms with Crippen LogP contribution in [-0.2, 0) is 4.79 Å². The third-order valence-corrected chi connectivity index (χ3v) is 4.58. The molecular formula is C21H15Cl2N3O4. The molecule has 1 atom stereocenters. The van der Waals surface area contributed by atoms with Crippen LogP contribution < -0.4 is 14.8 Å². The van der Waals surface area contributed by atoms with Crippen molar-refractivity contribution in [3.05, 3.63) is 70.8 Å². The highest BCUT2D eigenvalue weighted by atomic mass is 35.5. The molecular weight excluding hydrogens is 429 g/mol. The maximum absolute atomic E-state index is 12.3. The maximum atomic E-state index is 12.3. The number of aromatic nitrogens is 2. The van der Waals surface area contributed by atoms with Gasteiger partial charge in [0.25, 0.3) is 5.91 Å². The van der Waals surface area contributed by atoms with E-state index in [0.29, 0.717) is 32.6 Å². The van der Waals surface area contributed by atoms with Crippen LogP contribution in [0.2, 0.25) is 10.0 Å². The van der Waals surface area contributed by atoms with Crippen molar-refractivity contribution in [2.75, 3.05) is 5.32 Å². The van der Waals surface area contributed by atoms with Crippen molar-refractivity contribution in [2.45, 2.75) is 13.0 Å². The second kappa shape index (κ2) is 8.61. The molecule has 0 spiro atoms. The molecule has 152 valence electrons. The van der Waals surface area contributed by atoms with Gasteiger partial charge in [0, 0.05) is 17.3 Å². The highest BCUT2D eigenvalue weighted by Gasteiger charge is 2.17. The molecule has 2 aromatic carbocycles. The Labute approximate surface area is 181 Å². The molecule has 0 aliphatic carbocycles. The number of halogens is 2. The number of rotatable bonds is 6. The van der Waals surface area contributed by atoms with Crippen LogP contribution in [0.4, 0.5) is 5.82 Å². The zero-order valence-corrected chi connectivity index (χ0v) is 17.1. The van der Waals surface area contributed by atoms with Crippen molar-refractivity contribution in [1.29, 1.82) is 0 Å². The van der Waals surface area contributed by atoms with Gasteiger partial charge in [-0.1, -0.05) is 23.2 Å². The van der Waals surface area contributed by atoms with Crippen LogP contribution in [0.1, 0.15) is 6.92 Å². The smallest absolute Gasteiger partial charge is 0.400 e. The molecule has 4 aromatic rings. The molecule has 0 aliphatic rings. The standard InChI is InChI=1S/C21H15Cl2N3O4/c1-12(20(27)26-19-16(23)3-2-10-24-19)28-14-5-7-15(8-6-14)29-21-25-17-9-4-13(22)11-18(17)30-21/h2-12H,1H3,(H,24,26,27). The predicted octanol–water partition coefficient (Wildman–Crippen LogP) is 5.73. The number of hydrogen-bond donors (Lipinski definition) is 1. The Morgan fingerprint density at radius 1 is 1.10 bits per heavy atom. The van der Waals surface area contributed by atoms with Crippen LogP contribution >= 0.6 is 23.2 Å². The monoisotopic (exact) mass is 443 g/mol. The topological polar surface area (TPSA) is 86.5 Å². The highest BCUT2D eigenvalue weighted by Crippen LogP contribution is 2.28. The van der Waals surface area contributed by atoms with E-state index < -0.39 is 6.10 Å². The van der Waals surface area contributed by atoms with Gasteiger partial charge in [0.1, 0.15) is 17.0 Å². The van der Waals surface area contributed by atoms with E-state index in [1.165, 1.54) is 6.20 Å². The van der Waals surface area contributed by atoms with E-state index in [9.17, 15) is 4.79 Å². The summed E-state index contributed by atoms with van der Waals surface area (Å²) in [5.41, 5.74) is 1.17. The highest BCUT2D eigenvalue weighted by molar-refractivity contribution is 6.33. The average molecular weight is 444 g/mol. The normalized spacial score (nSPS) is 11.8. The van der Waals surface area contributed by atoms with Crippen molar-refractivity contribution in [2.24, 2.45) is 0 Å². The Balaban J connectivity index is 1.37. The molecule has 0 bridgehead atoms. The molecule has 9 heteroatoms. The number of pyridine rings is 1. The average Bonchev–Trinajstić information content (AvgIpc) is 3.12. The molecule has 2 aromatic heterocycles. The van der Waals surface area contributed by atoms with E-state index in [0.717, 1.165) is 0 Å². The summed E-state index contributed by atoms with van der Waals surface area (Å²) < 4.78 is 16.8. The Bertz CT molecular complexity index is 1190. The summed E-state index contributed by atoms with van der Waals surface area (Å²) in [6.07, 6.45) is 0.870. The molecule has 1 amide bonds. The fraction of sp³-hybridized carbons (Fsp3) is 0.0952.